The van der Waals surface area contributed by atoms with Crippen molar-refractivity contribution in [2.75, 3.05) is 0 Å². The van der Waals surface area contributed by atoms with Gasteiger partial charge in [-0.2, -0.15) is 0 Å². The number of benzene rings is 1. The number of carbonyl (C=O) groups is 1. The molecule has 1 atom stereocenters. The van der Waals surface area contributed by atoms with E-state index in [1.807, 2.05) is 0 Å². The normalized spacial score (nSPS) is 11.9. The van der Waals surface area contributed by atoms with Crippen molar-refractivity contribution in [1.29, 1.82) is 0 Å². The summed E-state index contributed by atoms with van der Waals surface area (Å²) in [6.45, 7) is 4.81. The van der Waals surface area contributed by atoms with Gasteiger partial charge >= 0.3 is 5.97 Å². The summed E-state index contributed by atoms with van der Waals surface area (Å²) < 4.78 is 17.7. The second kappa shape index (κ2) is 5.30. The largest absolute Gasteiger partial charge is 0.508 e. The molecule has 0 heterocycles. The highest BCUT2D eigenvalue weighted by atomic mass is 19.1. The van der Waals surface area contributed by atoms with E-state index < -0.39 is 12.3 Å². The number of hydrogen-bond donors (Lipinski definition) is 1. The van der Waals surface area contributed by atoms with Gasteiger partial charge in [0.15, 0.2) is 0 Å². The predicted molar refractivity (Wildman–Crippen MR) is 57.6 cm³/mol. The molecule has 0 fully saturated rings. The number of hydrogen-bond acceptors (Lipinski definition) is 3. The highest BCUT2D eigenvalue weighted by molar-refractivity contribution is 5.87. The van der Waals surface area contributed by atoms with Crippen molar-refractivity contribution in [2.45, 2.75) is 19.7 Å². The van der Waals surface area contributed by atoms with Crippen molar-refractivity contribution in [3.63, 3.8) is 0 Å². The van der Waals surface area contributed by atoms with E-state index in [4.69, 9.17) is 5.11 Å². The molecular weight excluding hydrogens is 211 g/mol. The quantitative estimate of drug-likeness (QED) is 0.630. The third kappa shape index (κ3) is 3.73. The van der Waals surface area contributed by atoms with Gasteiger partial charge in [-0.3, -0.25) is 0 Å². The van der Waals surface area contributed by atoms with Crippen LogP contribution in [0.15, 0.2) is 36.4 Å². The third-order valence-electron chi connectivity index (χ3n) is 1.92. The van der Waals surface area contributed by atoms with Gasteiger partial charge in [0.25, 0.3) is 0 Å². The lowest BCUT2D eigenvalue weighted by molar-refractivity contribution is -0.152. The summed E-state index contributed by atoms with van der Waals surface area (Å²) in [7, 11) is 0. The highest BCUT2D eigenvalue weighted by Crippen LogP contribution is 2.13. The number of halogens is 1. The molecule has 0 saturated carbocycles. The Labute approximate surface area is 93.2 Å². The molecule has 16 heavy (non-hydrogen) atoms. The molecule has 86 valence electrons. The van der Waals surface area contributed by atoms with E-state index in [-0.39, 0.29) is 17.7 Å². The van der Waals surface area contributed by atoms with Crippen molar-refractivity contribution in [2.24, 2.45) is 0 Å². The first-order valence-electron chi connectivity index (χ1n) is 4.77. The lowest BCUT2D eigenvalue weighted by Gasteiger charge is -2.09. The van der Waals surface area contributed by atoms with Crippen LogP contribution in [0.5, 0.6) is 5.75 Å². The zero-order valence-corrected chi connectivity index (χ0v) is 8.94. The van der Waals surface area contributed by atoms with Crippen LogP contribution < -0.4 is 0 Å². The monoisotopic (exact) mass is 224 g/mol. The maximum Gasteiger partial charge on any atom is 0.335 e. The Bertz CT molecular complexity index is 384. The Morgan fingerprint density at radius 2 is 2.06 bits per heavy atom. The van der Waals surface area contributed by atoms with Gasteiger partial charge < -0.3 is 9.84 Å². The van der Waals surface area contributed by atoms with Crippen LogP contribution in [0, 0.1) is 0 Å². The number of phenols is 1. The van der Waals surface area contributed by atoms with E-state index in [2.05, 4.69) is 11.3 Å². The summed E-state index contributed by atoms with van der Waals surface area (Å²) in [5.74, 6) is -0.635. The fourth-order valence-electron chi connectivity index (χ4n) is 1.08. The molecule has 0 saturated heterocycles. The summed E-state index contributed by atoms with van der Waals surface area (Å²) in [6, 6.07) is 6.03. The second-order valence-corrected chi connectivity index (χ2v) is 3.47. The average Bonchev–Trinajstić information content (AvgIpc) is 2.21. The van der Waals surface area contributed by atoms with E-state index in [0.717, 1.165) is 0 Å². The molecule has 0 aliphatic carbocycles. The standard InChI is InChI=1S/C12H13FO3/c1-8(2)12(15)16-11(13)7-9-3-5-10(14)6-4-9/h3-6,11,14H,1,7H2,2H3. The van der Waals surface area contributed by atoms with Gasteiger partial charge in [-0.15, -0.1) is 0 Å². The predicted octanol–water partition coefficient (Wildman–Crippen LogP) is 2.35. The minimum Gasteiger partial charge on any atom is -0.508 e. The fraction of sp³-hybridized carbons (Fsp3) is 0.250. The Balaban J connectivity index is 2.51. The number of carbonyl (C=O) groups excluding carboxylic acids is 1. The molecule has 1 N–H and O–H groups in total. The summed E-state index contributed by atoms with van der Waals surface area (Å²) in [5, 5.41) is 9.02. The summed E-state index contributed by atoms with van der Waals surface area (Å²) in [5.41, 5.74) is 0.799. The van der Waals surface area contributed by atoms with Gasteiger partial charge in [-0.1, -0.05) is 18.7 Å². The van der Waals surface area contributed by atoms with Gasteiger partial charge in [0.1, 0.15) is 5.75 Å². The average molecular weight is 224 g/mol. The van der Waals surface area contributed by atoms with Crippen LogP contribution in [0.1, 0.15) is 12.5 Å². The summed E-state index contributed by atoms with van der Waals surface area (Å²) >= 11 is 0. The molecule has 1 aromatic rings. The van der Waals surface area contributed by atoms with Gasteiger partial charge in [0, 0.05) is 12.0 Å². The molecule has 0 spiro atoms. The molecule has 0 aliphatic heterocycles. The number of aromatic hydroxyl groups is 1. The molecule has 0 amide bonds. The number of alkyl halides is 1. The van der Waals surface area contributed by atoms with E-state index in [1.165, 1.54) is 19.1 Å². The van der Waals surface area contributed by atoms with Gasteiger partial charge in [0.2, 0.25) is 6.36 Å². The van der Waals surface area contributed by atoms with Crippen LogP contribution in [-0.4, -0.2) is 17.4 Å². The minimum atomic E-state index is -1.70. The number of ether oxygens (including phenoxy) is 1. The van der Waals surface area contributed by atoms with Crippen LogP contribution in [0.4, 0.5) is 4.39 Å². The Morgan fingerprint density at radius 1 is 1.50 bits per heavy atom. The summed E-state index contributed by atoms with van der Waals surface area (Å²) in [4.78, 5) is 11.0. The molecule has 0 bridgehead atoms. The third-order valence-corrected chi connectivity index (χ3v) is 1.92. The second-order valence-electron chi connectivity index (χ2n) is 3.47. The number of phenolic OH excluding ortho intramolecular Hbond substituents is 1. The van der Waals surface area contributed by atoms with Crippen molar-refractivity contribution < 1.29 is 19.0 Å². The zero-order valence-electron chi connectivity index (χ0n) is 8.94. The van der Waals surface area contributed by atoms with Gasteiger partial charge in [0.05, 0.1) is 0 Å². The molecule has 1 rings (SSSR count). The first-order valence-corrected chi connectivity index (χ1v) is 4.77. The van der Waals surface area contributed by atoms with Crippen molar-refractivity contribution in [3.8, 4) is 5.75 Å². The van der Waals surface area contributed by atoms with Crippen LogP contribution in [-0.2, 0) is 16.0 Å². The highest BCUT2D eigenvalue weighted by Gasteiger charge is 2.13. The topological polar surface area (TPSA) is 46.5 Å². The first-order chi connectivity index (χ1) is 7.49. The molecule has 4 heteroatoms. The van der Waals surface area contributed by atoms with E-state index >= 15 is 0 Å². The lowest BCUT2D eigenvalue weighted by Crippen LogP contribution is -2.16. The van der Waals surface area contributed by atoms with Gasteiger partial charge in [-0.05, 0) is 24.6 Å². The van der Waals surface area contributed by atoms with E-state index in [9.17, 15) is 9.18 Å². The van der Waals surface area contributed by atoms with Crippen LogP contribution in [0.25, 0.3) is 0 Å². The van der Waals surface area contributed by atoms with Crippen molar-refractivity contribution in [3.05, 3.63) is 42.0 Å². The maximum atomic E-state index is 13.3. The van der Waals surface area contributed by atoms with Crippen molar-refractivity contribution in [1.82, 2.24) is 0 Å². The molecule has 0 aliphatic rings. The number of esters is 1. The Kier molecular flexibility index (Phi) is 4.05. The van der Waals surface area contributed by atoms with Gasteiger partial charge in [-0.25, -0.2) is 9.18 Å². The number of rotatable bonds is 4. The lowest BCUT2D eigenvalue weighted by atomic mass is 10.1. The van der Waals surface area contributed by atoms with Crippen molar-refractivity contribution >= 4 is 5.97 Å². The molecule has 0 radical (unpaired) electrons. The van der Waals surface area contributed by atoms with E-state index in [1.54, 1.807) is 12.1 Å². The smallest absolute Gasteiger partial charge is 0.335 e. The molecule has 3 nitrogen and oxygen atoms in total. The minimum absolute atomic E-state index is 0.0424. The molecule has 1 aromatic carbocycles. The fourth-order valence-corrected chi connectivity index (χ4v) is 1.08. The SMILES string of the molecule is C=C(C)C(=O)OC(F)Cc1ccc(O)cc1. The first kappa shape index (κ1) is 12.2. The molecule has 0 aromatic heterocycles. The zero-order chi connectivity index (χ0) is 12.1. The summed E-state index contributed by atoms with van der Waals surface area (Å²) in [6.07, 6.45) is -1.74. The van der Waals surface area contributed by atoms with Crippen LogP contribution >= 0.6 is 0 Å². The molecular formula is C12H13FO3. The van der Waals surface area contributed by atoms with Crippen LogP contribution in [0.3, 0.4) is 0 Å². The van der Waals surface area contributed by atoms with Crippen LogP contribution in [0.2, 0.25) is 0 Å². The Morgan fingerprint density at radius 3 is 2.56 bits per heavy atom. The molecule has 1 unspecified atom stereocenters. The Hall–Kier alpha value is -1.84. The van der Waals surface area contributed by atoms with E-state index in [0.29, 0.717) is 5.56 Å². The maximum absolute atomic E-state index is 13.3.